The van der Waals surface area contributed by atoms with E-state index in [0.717, 1.165) is 0 Å². The van der Waals surface area contributed by atoms with Crippen LogP contribution in [0.3, 0.4) is 0 Å². The highest BCUT2D eigenvalue weighted by Gasteiger charge is 2.15. The van der Waals surface area contributed by atoms with Crippen molar-refractivity contribution in [1.82, 2.24) is 0 Å². The fourth-order valence-corrected chi connectivity index (χ4v) is 3.58. The molecule has 7 nitrogen and oxygen atoms in total. The second-order valence-electron chi connectivity index (χ2n) is 6.01. The minimum absolute atomic E-state index is 0.0232. The first-order chi connectivity index (χ1) is 14.0. The van der Waals surface area contributed by atoms with Gasteiger partial charge in [0, 0.05) is 11.4 Å². The summed E-state index contributed by atoms with van der Waals surface area (Å²) in [6, 6.07) is 21.4. The Balaban J connectivity index is 1.65. The highest BCUT2D eigenvalue weighted by atomic mass is 32.2. The second-order valence-corrected chi connectivity index (χ2v) is 7.69. The minimum atomic E-state index is -3.82. The Morgan fingerprint density at radius 3 is 2.28 bits per heavy atom. The van der Waals surface area contributed by atoms with E-state index in [4.69, 9.17) is 9.47 Å². The van der Waals surface area contributed by atoms with E-state index in [9.17, 15) is 13.2 Å². The third-order valence-electron chi connectivity index (χ3n) is 3.88. The number of benzene rings is 3. The number of nitrogens with one attached hydrogen (secondary N) is 2. The molecule has 0 aliphatic carbocycles. The van der Waals surface area contributed by atoms with Crippen LogP contribution < -0.4 is 19.5 Å². The predicted molar refractivity (Wildman–Crippen MR) is 111 cm³/mol. The molecule has 0 aliphatic heterocycles. The number of anilines is 2. The number of rotatable bonds is 8. The van der Waals surface area contributed by atoms with Crippen molar-refractivity contribution in [1.29, 1.82) is 0 Å². The van der Waals surface area contributed by atoms with E-state index in [2.05, 4.69) is 10.0 Å². The summed E-state index contributed by atoms with van der Waals surface area (Å²) in [4.78, 5) is 12.1. The molecule has 0 fully saturated rings. The molecule has 3 rings (SSSR count). The van der Waals surface area contributed by atoms with Gasteiger partial charge >= 0.3 is 0 Å². The van der Waals surface area contributed by atoms with Crippen LogP contribution in [-0.4, -0.2) is 28.0 Å². The molecule has 0 heterocycles. The molecule has 0 spiro atoms. The number of amides is 1. The zero-order valence-corrected chi connectivity index (χ0v) is 16.5. The van der Waals surface area contributed by atoms with Gasteiger partial charge in [0.2, 0.25) is 0 Å². The first-order valence-electron chi connectivity index (χ1n) is 8.71. The zero-order valence-electron chi connectivity index (χ0n) is 15.7. The molecule has 0 bridgehead atoms. The van der Waals surface area contributed by atoms with Gasteiger partial charge in [0.15, 0.2) is 6.61 Å². The predicted octanol–water partition coefficient (Wildman–Crippen LogP) is 3.51. The van der Waals surface area contributed by atoms with Gasteiger partial charge in [-0.15, -0.1) is 0 Å². The van der Waals surface area contributed by atoms with Crippen LogP contribution >= 0.6 is 0 Å². The van der Waals surface area contributed by atoms with Crippen LogP contribution in [-0.2, 0) is 14.8 Å². The Morgan fingerprint density at radius 1 is 0.862 bits per heavy atom. The number of para-hydroxylation sites is 1. The van der Waals surface area contributed by atoms with E-state index >= 15 is 0 Å². The molecule has 1 amide bonds. The molecule has 8 heteroatoms. The van der Waals surface area contributed by atoms with Gasteiger partial charge in [-0.05, 0) is 54.6 Å². The lowest BCUT2D eigenvalue weighted by Crippen LogP contribution is -2.20. The summed E-state index contributed by atoms with van der Waals surface area (Å²) >= 11 is 0. The molecule has 3 aromatic rings. The summed E-state index contributed by atoms with van der Waals surface area (Å²) < 4.78 is 38.2. The van der Waals surface area contributed by atoms with E-state index in [-0.39, 0.29) is 11.5 Å². The van der Waals surface area contributed by atoms with Gasteiger partial charge < -0.3 is 14.8 Å². The summed E-state index contributed by atoms with van der Waals surface area (Å²) in [7, 11) is -2.29. The molecule has 3 aromatic carbocycles. The first kappa shape index (κ1) is 20.2. The van der Waals surface area contributed by atoms with Crippen molar-refractivity contribution >= 4 is 27.3 Å². The molecular weight excluding hydrogens is 392 g/mol. The maximum Gasteiger partial charge on any atom is 0.262 e. The van der Waals surface area contributed by atoms with Gasteiger partial charge in [0.05, 0.1) is 12.0 Å². The van der Waals surface area contributed by atoms with Gasteiger partial charge in [-0.2, -0.15) is 0 Å². The largest absolute Gasteiger partial charge is 0.497 e. The Morgan fingerprint density at radius 2 is 1.59 bits per heavy atom. The minimum Gasteiger partial charge on any atom is -0.497 e. The van der Waals surface area contributed by atoms with Gasteiger partial charge in [-0.1, -0.05) is 24.3 Å². The molecule has 0 atom stereocenters. The summed E-state index contributed by atoms with van der Waals surface area (Å²) in [5, 5.41) is 2.63. The molecule has 0 aliphatic rings. The van der Waals surface area contributed by atoms with E-state index in [0.29, 0.717) is 22.9 Å². The number of hydrogen-bond acceptors (Lipinski definition) is 5. The van der Waals surface area contributed by atoms with E-state index in [1.54, 1.807) is 60.7 Å². The lowest BCUT2D eigenvalue weighted by molar-refractivity contribution is -0.118. The van der Waals surface area contributed by atoms with Crippen LogP contribution in [0.5, 0.6) is 11.5 Å². The molecule has 2 N–H and O–H groups in total. The van der Waals surface area contributed by atoms with E-state index in [1.807, 2.05) is 6.07 Å². The van der Waals surface area contributed by atoms with Gasteiger partial charge in [-0.25, -0.2) is 8.42 Å². The third-order valence-corrected chi connectivity index (χ3v) is 5.26. The fourth-order valence-electron chi connectivity index (χ4n) is 2.48. The highest BCUT2D eigenvalue weighted by Crippen LogP contribution is 2.21. The van der Waals surface area contributed by atoms with Crippen molar-refractivity contribution in [3.8, 4) is 11.5 Å². The van der Waals surface area contributed by atoms with Gasteiger partial charge in [-0.3, -0.25) is 9.52 Å². The van der Waals surface area contributed by atoms with Crippen molar-refractivity contribution < 1.29 is 22.7 Å². The Hall–Kier alpha value is -3.52. The second kappa shape index (κ2) is 9.11. The average molecular weight is 412 g/mol. The third kappa shape index (κ3) is 5.73. The number of carbonyl (C=O) groups excluding carboxylic acids is 1. The first-order valence-corrected chi connectivity index (χ1v) is 10.2. The average Bonchev–Trinajstić information content (AvgIpc) is 2.73. The number of sulfonamides is 1. The normalized spacial score (nSPS) is 10.8. The van der Waals surface area contributed by atoms with E-state index in [1.165, 1.54) is 19.2 Å². The lowest BCUT2D eigenvalue weighted by atomic mass is 10.3. The van der Waals surface area contributed by atoms with Crippen LogP contribution in [0.25, 0.3) is 0 Å². The number of ether oxygens (including phenoxy) is 2. The van der Waals surface area contributed by atoms with Crippen molar-refractivity contribution in [3.05, 3.63) is 78.9 Å². The smallest absolute Gasteiger partial charge is 0.262 e. The molecule has 0 saturated carbocycles. The van der Waals surface area contributed by atoms with Crippen molar-refractivity contribution in [2.75, 3.05) is 23.8 Å². The highest BCUT2D eigenvalue weighted by molar-refractivity contribution is 7.92. The molecule has 29 heavy (non-hydrogen) atoms. The molecule has 150 valence electrons. The quantitative estimate of drug-likeness (QED) is 0.591. The molecule has 0 aromatic heterocycles. The molecular formula is C21H20N2O5S. The fraction of sp³-hybridized carbons (Fsp3) is 0.0952. The van der Waals surface area contributed by atoms with Crippen molar-refractivity contribution in [2.24, 2.45) is 0 Å². The Bertz CT molecular complexity index is 1070. The molecule has 0 unspecified atom stereocenters. The van der Waals surface area contributed by atoms with Gasteiger partial charge in [0.1, 0.15) is 11.5 Å². The van der Waals surface area contributed by atoms with Gasteiger partial charge in [0.25, 0.3) is 15.9 Å². The van der Waals surface area contributed by atoms with Crippen LogP contribution in [0.2, 0.25) is 0 Å². The topological polar surface area (TPSA) is 93.7 Å². The number of methoxy groups -OCH3 is 1. The SMILES string of the molecule is COc1ccc(NS(=O)(=O)c2cccc(NC(=O)COc3ccccc3)c2)cc1. The maximum atomic E-state index is 12.6. The summed E-state index contributed by atoms with van der Waals surface area (Å²) in [5.41, 5.74) is 0.751. The summed E-state index contributed by atoms with van der Waals surface area (Å²) in [6.07, 6.45) is 0. The number of hydrogen-bond donors (Lipinski definition) is 2. The van der Waals surface area contributed by atoms with Crippen molar-refractivity contribution in [3.63, 3.8) is 0 Å². The Labute approximate surface area is 169 Å². The van der Waals surface area contributed by atoms with Crippen LogP contribution in [0, 0.1) is 0 Å². The number of carbonyl (C=O) groups is 1. The van der Waals surface area contributed by atoms with E-state index < -0.39 is 15.9 Å². The summed E-state index contributed by atoms with van der Waals surface area (Å²) in [6.45, 7) is -0.189. The van der Waals surface area contributed by atoms with Crippen molar-refractivity contribution in [2.45, 2.75) is 4.90 Å². The van der Waals surface area contributed by atoms with Crippen LogP contribution in [0.4, 0.5) is 11.4 Å². The Kier molecular flexibility index (Phi) is 6.36. The maximum absolute atomic E-state index is 12.6. The zero-order chi connectivity index (χ0) is 20.7. The lowest BCUT2D eigenvalue weighted by Gasteiger charge is -2.11. The molecule has 0 radical (unpaired) electrons. The van der Waals surface area contributed by atoms with Crippen LogP contribution in [0.15, 0.2) is 83.8 Å². The molecule has 0 saturated heterocycles. The van der Waals surface area contributed by atoms with Crippen LogP contribution in [0.1, 0.15) is 0 Å². The standard InChI is InChI=1S/C21H20N2O5S/c1-27-18-12-10-16(11-13-18)23-29(25,26)20-9-5-6-17(14-20)22-21(24)15-28-19-7-3-2-4-8-19/h2-14,23H,15H2,1H3,(H,22,24). The summed E-state index contributed by atoms with van der Waals surface area (Å²) in [5.74, 6) is 0.796. The monoisotopic (exact) mass is 412 g/mol.